The minimum absolute atomic E-state index is 0.0216. The molecule has 2 bridgehead atoms. The van der Waals surface area contributed by atoms with E-state index in [1.807, 2.05) is 6.07 Å². The molecule has 122 valence electrons. The van der Waals surface area contributed by atoms with Gasteiger partial charge < -0.3 is 19.6 Å². The summed E-state index contributed by atoms with van der Waals surface area (Å²) < 4.78 is 6.03. The topological polar surface area (TPSA) is 79.2 Å². The van der Waals surface area contributed by atoms with Crippen molar-refractivity contribution in [3.63, 3.8) is 0 Å². The van der Waals surface area contributed by atoms with Crippen LogP contribution in [0.25, 0.3) is 0 Å². The quantitative estimate of drug-likeness (QED) is 0.588. The van der Waals surface area contributed by atoms with Gasteiger partial charge in [-0.15, -0.1) is 0 Å². The van der Waals surface area contributed by atoms with Crippen LogP contribution >= 0.6 is 0 Å². The van der Waals surface area contributed by atoms with Gasteiger partial charge in [0.25, 0.3) is 0 Å². The van der Waals surface area contributed by atoms with E-state index >= 15 is 0 Å². The van der Waals surface area contributed by atoms with Gasteiger partial charge in [-0.1, -0.05) is 6.07 Å². The van der Waals surface area contributed by atoms with E-state index in [1.54, 1.807) is 6.07 Å². The average Bonchev–Trinajstić information content (AvgIpc) is 2.88. The van der Waals surface area contributed by atoms with Crippen LogP contribution in [-0.2, 0) is 16.6 Å². The third-order valence-electron chi connectivity index (χ3n) is 6.48. The van der Waals surface area contributed by atoms with Crippen LogP contribution in [0.15, 0.2) is 12.1 Å². The lowest BCUT2D eigenvalue weighted by Gasteiger charge is -2.58. The SMILES string of the molecule is CN1CC[C@]23c4c5ccc(OO)c4O[C@H]2C(=O)CC(O)[C@H]3[C@H]1C5. The fourth-order valence-electron chi connectivity index (χ4n) is 5.64. The zero-order chi connectivity index (χ0) is 15.9. The highest BCUT2D eigenvalue weighted by Gasteiger charge is 2.68. The number of likely N-dealkylation sites (N-methyl/N-ethyl adjacent to an activating group) is 1. The van der Waals surface area contributed by atoms with Gasteiger partial charge >= 0.3 is 0 Å². The van der Waals surface area contributed by atoms with Crippen molar-refractivity contribution in [3.8, 4) is 11.5 Å². The van der Waals surface area contributed by atoms with Crippen LogP contribution in [0.2, 0.25) is 0 Å². The molecule has 1 saturated heterocycles. The second-order valence-corrected chi connectivity index (χ2v) is 7.32. The number of aliphatic hydroxyl groups excluding tert-OH is 1. The van der Waals surface area contributed by atoms with Crippen molar-refractivity contribution >= 4 is 5.78 Å². The molecule has 1 aromatic carbocycles. The van der Waals surface area contributed by atoms with E-state index in [2.05, 4.69) is 16.8 Å². The number of hydrogen-bond acceptors (Lipinski definition) is 6. The van der Waals surface area contributed by atoms with Crippen LogP contribution in [0.1, 0.15) is 24.0 Å². The number of ketones is 1. The number of aliphatic hydroxyl groups is 1. The molecule has 1 spiro atoms. The molecule has 2 aliphatic heterocycles. The Kier molecular flexibility index (Phi) is 2.55. The van der Waals surface area contributed by atoms with Crippen molar-refractivity contribution in [2.24, 2.45) is 5.92 Å². The van der Waals surface area contributed by atoms with Gasteiger partial charge in [-0.05, 0) is 38.1 Å². The second kappa shape index (κ2) is 4.26. The van der Waals surface area contributed by atoms with E-state index in [1.165, 1.54) is 0 Å². The lowest BCUT2D eigenvalue weighted by Crippen LogP contribution is -2.69. The molecule has 2 aliphatic carbocycles. The standard InChI is InChI=1S/C17H19NO5/c1-18-5-4-17-13-8-2-3-12(23-21)15(13)22-16(17)11(20)7-10(19)14(17)9(18)6-8/h2-3,9-10,14,16,19,21H,4-7H2,1H3/t9-,10?,14-,16+,17-/m1/s1. The number of nitrogens with zero attached hydrogens (tertiary/aromatic N) is 1. The Balaban J connectivity index is 1.82. The van der Waals surface area contributed by atoms with Crippen LogP contribution in [0, 0.1) is 5.92 Å². The molecule has 2 heterocycles. The monoisotopic (exact) mass is 317 g/mol. The van der Waals surface area contributed by atoms with E-state index in [0.717, 1.165) is 30.5 Å². The largest absolute Gasteiger partial charge is 0.477 e. The summed E-state index contributed by atoms with van der Waals surface area (Å²) in [7, 11) is 2.09. The molecule has 6 nitrogen and oxygen atoms in total. The lowest BCUT2D eigenvalue weighted by molar-refractivity contribution is -0.152. The minimum Gasteiger partial charge on any atom is -0.477 e. The van der Waals surface area contributed by atoms with E-state index < -0.39 is 17.6 Å². The molecule has 23 heavy (non-hydrogen) atoms. The van der Waals surface area contributed by atoms with Crippen molar-refractivity contribution in [1.29, 1.82) is 0 Å². The maximum absolute atomic E-state index is 12.6. The zero-order valence-electron chi connectivity index (χ0n) is 12.9. The first-order valence-corrected chi connectivity index (χ1v) is 8.13. The molecule has 6 heteroatoms. The van der Waals surface area contributed by atoms with Gasteiger partial charge in [-0.2, -0.15) is 0 Å². The molecule has 0 amide bonds. The van der Waals surface area contributed by atoms with E-state index in [9.17, 15) is 15.2 Å². The normalized spacial score (nSPS) is 40.6. The Morgan fingerprint density at radius 3 is 3.00 bits per heavy atom. The third kappa shape index (κ3) is 1.43. The fraction of sp³-hybridized carbons (Fsp3) is 0.588. The Hall–Kier alpha value is -1.63. The van der Waals surface area contributed by atoms with Gasteiger partial charge in [0.05, 0.1) is 11.5 Å². The number of carbonyl (C=O) groups excluding carboxylic acids is 1. The Bertz CT molecular complexity index is 719. The molecule has 0 radical (unpaired) electrons. The van der Waals surface area contributed by atoms with Crippen molar-refractivity contribution < 1.29 is 24.8 Å². The molecular formula is C17H19NO5. The summed E-state index contributed by atoms with van der Waals surface area (Å²) in [4.78, 5) is 19.4. The molecule has 2 N–H and O–H groups in total. The molecular weight excluding hydrogens is 298 g/mol. The molecule has 4 aliphatic rings. The number of rotatable bonds is 1. The summed E-state index contributed by atoms with van der Waals surface area (Å²) in [6.07, 6.45) is 0.510. The molecule has 1 aromatic rings. The summed E-state index contributed by atoms with van der Waals surface area (Å²) in [6.45, 7) is 0.865. The predicted octanol–water partition coefficient (Wildman–Crippen LogP) is 0.747. The smallest absolute Gasteiger partial charge is 0.207 e. The van der Waals surface area contributed by atoms with E-state index in [0.29, 0.717) is 5.75 Å². The summed E-state index contributed by atoms with van der Waals surface area (Å²) in [6, 6.07) is 3.85. The predicted molar refractivity (Wildman–Crippen MR) is 79.7 cm³/mol. The van der Waals surface area contributed by atoms with Crippen LogP contribution in [0.3, 0.4) is 0 Å². The van der Waals surface area contributed by atoms with Crippen molar-refractivity contribution in [2.75, 3.05) is 13.6 Å². The van der Waals surface area contributed by atoms with Crippen molar-refractivity contribution in [1.82, 2.24) is 4.90 Å². The van der Waals surface area contributed by atoms with Gasteiger partial charge in [0.1, 0.15) is 0 Å². The Labute approximate surface area is 133 Å². The molecule has 2 fully saturated rings. The van der Waals surface area contributed by atoms with Crippen LogP contribution in [0.4, 0.5) is 0 Å². The first-order chi connectivity index (χ1) is 11.1. The molecule has 0 aromatic heterocycles. The first-order valence-electron chi connectivity index (χ1n) is 8.13. The molecule has 5 rings (SSSR count). The third-order valence-corrected chi connectivity index (χ3v) is 6.48. The summed E-state index contributed by atoms with van der Waals surface area (Å²) in [5, 5.41) is 19.9. The van der Waals surface area contributed by atoms with Gasteiger partial charge in [-0.3, -0.25) is 4.79 Å². The highest BCUT2D eigenvalue weighted by Crippen LogP contribution is 2.63. The maximum Gasteiger partial charge on any atom is 0.207 e. The lowest BCUT2D eigenvalue weighted by atomic mass is 9.51. The highest BCUT2D eigenvalue weighted by atomic mass is 17.1. The number of carbonyl (C=O) groups is 1. The number of piperidine rings is 1. The van der Waals surface area contributed by atoms with Gasteiger partial charge in [0.15, 0.2) is 17.6 Å². The number of benzene rings is 1. The van der Waals surface area contributed by atoms with Crippen LogP contribution in [0.5, 0.6) is 11.5 Å². The Morgan fingerprint density at radius 1 is 1.39 bits per heavy atom. The van der Waals surface area contributed by atoms with Gasteiger partial charge in [0, 0.05) is 23.9 Å². The van der Waals surface area contributed by atoms with E-state index in [4.69, 9.17) is 4.74 Å². The molecule has 1 unspecified atom stereocenters. The van der Waals surface area contributed by atoms with Crippen LogP contribution in [-0.4, -0.2) is 52.9 Å². The Morgan fingerprint density at radius 2 is 2.22 bits per heavy atom. The first kappa shape index (κ1) is 13.8. The molecule has 1 saturated carbocycles. The zero-order valence-corrected chi connectivity index (χ0v) is 12.9. The van der Waals surface area contributed by atoms with Gasteiger partial charge in [0.2, 0.25) is 5.75 Å². The minimum atomic E-state index is -0.645. The number of Topliss-reactive ketones (excluding diaryl/α,β-unsaturated/α-hetero) is 1. The molecule has 5 atom stereocenters. The summed E-state index contributed by atoms with van der Waals surface area (Å²) in [5.41, 5.74) is 1.64. The van der Waals surface area contributed by atoms with Crippen LogP contribution < -0.4 is 9.62 Å². The second-order valence-electron chi connectivity index (χ2n) is 7.32. The van der Waals surface area contributed by atoms with Crippen molar-refractivity contribution in [2.45, 2.75) is 42.9 Å². The number of likely N-dealkylation sites (tertiary alicyclic amines) is 1. The van der Waals surface area contributed by atoms with Gasteiger partial charge in [-0.25, -0.2) is 5.26 Å². The number of ether oxygens (including phenoxy) is 1. The maximum atomic E-state index is 12.6. The van der Waals surface area contributed by atoms with Crippen molar-refractivity contribution in [3.05, 3.63) is 23.3 Å². The fourth-order valence-corrected chi connectivity index (χ4v) is 5.64. The average molecular weight is 317 g/mol. The summed E-state index contributed by atoms with van der Waals surface area (Å²) >= 11 is 0. The highest BCUT2D eigenvalue weighted by molar-refractivity contribution is 5.89. The van der Waals surface area contributed by atoms with E-state index in [-0.39, 0.29) is 29.9 Å². The summed E-state index contributed by atoms with van der Waals surface area (Å²) in [5.74, 6) is 0.674. The number of hydrogen-bond donors (Lipinski definition) is 2.